The molecule has 0 amide bonds. The lowest BCUT2D eigenvalue weighted by molar-refractivity contribution is -0.132. The summed E-state index contributed by atoms with van der Waals surface area (Å²) in [6, 6.07) is 0. The predicted octanol–water partition coefficient (Wildman–Crippen LogP) is 0.457. The molecule has 2 N–H and O–H groups in total. The highest BCUT2D eigenvalue weighted by molar-refractivity contribution is 7.87. The summed E-state index contributed by atoms with van der Waals surface area (Å²) in [5.74, 6) is -0.488. The van der Waals surface area contributed by atoms with E-state index in [2.05, 4.69) is 0 Å². The Bertz CT molecular complexity index is 287. The molecule has 0 saturated carbocycles. The lowest BCUT2D eigenvalue weighted by Gasteiger charge is -1.92. The predicted molar refractivity (Wildman–Crippen MR) is 41.9 cm³/mol. The number of aliphatic carboxylic acids is 1. The van der Waals surface area contributed by atoms with Gasteiger partial charge in [0.1, 0.15) is 5.75 Å². The van der Waals surface area contributed by atoms with Crippen molar-refractivity contribution in [1.82, 2.24) is 0 Å². The molecule has 1 radical (unpaired) electrons. The van der Waals surface area contributed by atoms with Crippen LogP contribution in [0.15, 0.2) is 11.6 Å². The summed E-state index contributed by atoms with van der Waals surface area (Å²) in [7, 11) is -4.11. The van der Waals surface area contributed by atoms with Crippen LogP contribution in [0.5, 0.6) is 0 Å². The average Bonchev–Trinajstić information content (AvgIpc) is 1.84. The van der Waals surface area contributed by atoms with Gasteiger partial charge in [-0.15, -0.1) is 0 Å². The first kappa shape index (κ1) is 11.1. The number of hydrogen-bond acceptors (Lipinski definition) is 3. The Morgan fingerprint density at radius 1 is 1.50 bits per heavy atom. The molecule has 6 heteroatoms. The van der Waals surface area contributed by atoms with Gasteiger partial charge >= 0.3 is 5.97 Å². The van der Waals surface area contributed by atoms with Crippen molar-refractivity contribution in [1.29, 1.82) is 0 Å². The van der Waals surface area contributed by atoms with Gasteiger partial charge in [0, 0.05) is 5.57 Å². The fraction of sp³-hybridized carbons (Fsp3) is 0.333. The summed E-state index contributed by atoms with van der Waals surface area (Å²) in [6.07, 6.45) is 1.08. The van der Waals surface area contributed by atoms with Gasteiger partial charge in [0.15, 0.2) is 0 Å². The fourth-order valence-corrected chi connectivity index (χ4v) is 0.773. The Labute approximate surface area is 70.5 Å². The highest BCUT2D eigenvalue weighted by atomic mass is 32.2. The monoisotopic (exact) mass is 193 g/mol. The van der Waals surface area contributed by atoms with Gasteiger partial charge in [-0.2, -0.15) is 8.42 Å². The van der Waals surface area contributed by atoms with Crippen LogP contribution in [-0.2, 0) is 14.9 Å². The minimum atomic E-state index is -4.11. The van der Waals surface area contributed by atoms with Crippen molar-refractivity contribution in [3.63, 3.8) is 0 Å². The molecule has 0 aliphatic heterocycles. The maximum Gasteiger partial charge on any atom is 0.330 e. The van der Waals surface area contributed by atoms with Gasteiger partial charge in [0.2, 0.25) is 0 Å². The van der Waals surface area contributed by atoms with E-state index in [0.717, 1.165) is 0 Å². The summed E-state index contributed by atoms with van der Waals surface area (Å²) in [6.45, 7) is 1.33. The van der Waals surface area contributed by atoms with Gasteiger partial charge in [-0.25, -0.2) is 4.79 Å². The highest BCUT2D eigenvalue weighted by Crippen LogP contribution is 2.01. The lowest BCUT2D eigenvalue weighted by atomic mass is 10.2. The number of allylic oxidation sites excluding steroid dienone is 1. The van der Waals surface area contributed by atoms with E-state index in [1.807, 2.05) is 0 Å². The van der Waals surface area contributed by atoms with Crippen LogP contribution >= 0.6 is 0 Å². The molecule has 0 fully saturated rings. The maximum absolute atomic E-state index is 10.2. The van der Waals surface area contributed by atoms with E-state index in [4.69, 9.17) is 9.66 Å². The van der Waals surface area contributed by atoms with Crippen LogP contribution in [0.2, 0.25) is 0 Å². The maximum atomic E-state index is 10.2. The molecule has 0 saturated heterocycles. The van der Waals surface area contributed by atoms with Crippen molar-refractivity contribution in [3.8, 4) is 0 Å². The van der Waals surface area contributed by atoms with Crippen molar-refractivity contribution in [2.45, 2.75) is 13.3 Å². The van der Waals surface area contributed by atoms with Crippen molar-refractivity contribution in [3.05, 3.63) is 17.4 Å². The molecule has 0 atom stereocenters. The van der Waals surface area contributed by atoms with E-state index in [1.165, 1.54) is 13.0 Å². The summed E-state index contributed by atoms with van der Waals surface area (Å²) in [5.41, 5.74) is 0.0369. The SMILES string of the molecule is CC(=CC[CH]S(=O)(=O)O)C(=O)O. The average molecular weight is 193 g/mol. The van der Waals surface area contributed by atoms with Crippen LogP contribution in [-0.4, -0.2) is 24.0 Å². The Morgan fingerprint density at radius 2 is 2.00 bits per heavy atom. The first-order chi connectivity index (χ1) is 5.33. The van der Waals surface area contributed by atoms with Crippen molar-refractivity contribution in [2.75, 3.05) is 0 Å². The van der Waals surface area contributed by atoms with Crippen LogP contribution < -0.4 is 0 Å². The summed E-state index contributed by atoms with van der Waals surface area (Å²) < 4.78 is 28.4. The highest BCUT2D eigenvalue weighted by Gasteiger charge is 2.04. The topological polar surface area (TPSA) is 91.7 Å². The number of hydrogen-bond donors (Lipinski definition) is 2. The normalized spacial score (nSPS) is 13.0. The third kappa shape index (κ3) is 5.87. The number of carboxylic acid groups (broad SMARTS) is 1. The molecule has 0 spiro atoms. The third-order valence-corrected chi connectivity index (χ3v) is 1.68. The molecular weight excluding hydrogens is 184 g/mol. The zero-order valence-electron chi connectivity index (χ0n) is 6.39. The first-order valence-electron chi connectivity index (χ1n) is 3.03. The molecule has 0 bridgehead atoms. The lowest BCUT2D eigenvalue weighted by Crippen LogP contribution is -1.99. The molecule has 0 heterocycles. The largest absolute Gasteiger partial charge is 0.478 e. The second-order valence-corrected chi connectivity index (χ2v) is 3.47. The second kappa shape index (κ2) is 4.22. The molecule has 5 nitrogen and oxygen atoms in total. The van der Waals surface area contributed by atoms with Crippen LogP contribution in [0.1, 0.15) is 13.3 Å². The van der Waals surface area contributed by atoms with E-state index < -0.39 is 16.1 Å². The van der Waals surface area contributed by atoms with E-state index in [0.29, 0.717) is 5.75 Å². The summed E-state index contributed by atoms with van der Waals surface area (Å²) in [5, 5.41) is 8.32. The van der Waals surface area contributed by atoms with Crippen molar-refractivity contribution in [2.24, 2.45) is 0 Å². The molecule has 0 aromatic heterocycles. The second-order valence-electron chi connectivity index (χ2n) is 2.11. The minimum Gasteiger partial charge on any atom is -0.478 e. The Balaban J connectivity index is 4.00. The van der Waals surface area contributed by atoms with Gasteiger partial charge < -0.3 is 5.11 Å². The standard InChI is InChI=1S/C6H9O5S/c1-5(6(7)8)3-2-4-12(9,10)11/h3-4H,2H2,1H3,(H,7,8)(H,9,10,11). The molecular formula is C6H9O5S. The van der Waals surface area contributed by atoms with E-state index in [9.17, 15) is 13.2 Å². The van der Waals surface area contributed by atoms with Gasteiger partial charge in [0.05, 0.1) is 0 Å². The molecule has 12 heavy (non-hydrogen) atoms. The van der Waals surface area contributed by atoms with Gasteiger partial charge in [0.25, 0.3) is 10.1 Å². The quantitative estimate of drug-likeness (QED) is 0.499. The third-order valence-electron chi connectivity index (χ3n) is 1.07. The number of rotatable bonds is 4. The van der Waals surface area contributed by atoms with Crippen LogP contribution in [0.4, 0.5) is 0 Å². The molecule has 0 rings (SSSR count). The van der Waals surface area contributed by atoms with Gasteiger partial charge in [-0.05, 0) is 13.3 Å². The van der Waals surface area contributed by atoms with E-state index in [-0.39, 0.29) is 12.0 Å². The molecule has 0 unspecified atom stereocenters. The van der Waals surface area contributed by atoms with Crippen LogP contribution in [0.25, 0.3) is 0 Å². The zero-order chi connectivity index (χ0) is 9.78. The van der Waals surface area contributed by atoms with E-state index >= 15 is 0 Å². The number of carboxylic acids is 1. The fourth-order valence-electron chi connectivity index (χ4n) is 0.434. The molecule has 0 aromatic rings. The summed E-state index contributed by atoms with van der Waals surface area (Å²) in [4.78, 5) is 10.2. The van der Waals surface area contributed by atoms with Crippen molar-refractivity contribution >= 4 is 16.1 Å². The van der Waals surface area contributed by atoms with Crippen LogP contribution in [0.3, 0.4) is 0 Å². The van der Waals surface area contributed by atoms with Crippen LogP contribution in [0, 0.1) is 5.75 Å². The summed E-state index contributed by atoms with van der Waals surface area (Å²) >= 11 is 0. The number of carbonyl (C=O) groups is 1. The van der Waals surface area contributed by atoms with E-state index in [1.54, 1.807) is 0 Å². The van der Waals surface area contributed by atoms with Crippen molar-refractivity contribution < 1.29 is 22.9 Å². The van der Waals surface area contributed by atoms with Gasteiger partial charge in [-0.1, -0.05) is 6.08 Å². The zero-order valence-corrected chi connectivity index (χ0v) is 7.21. The molecule has 0 aromatic carbocycles. The van der Waals surface area contributed by atoms with Gasteiger partial charge in [-0.3, -0.25) is 4.55 Å². The minimum absolute atomic E-state index is 0.0369. The Kier molecular flexibility index (Phi) is 3.91. The Hall–Kier alpha value is -0.880. The molecule has 0 aliphatic carbocycles. The Morgan fingerprint density at radius 3 is 2.33 bits per heavy atom. The smallest absolute Gasteiger partial charge is 0.330 e. The first-order valence-corrected chi connectivity index (χ1v) is 4.54. The molecule has 0 aliphatic rings. The molecule has 69 valence electrons.